The van der Waals surface area contributed by atoms with E-state index in [2.05, 4.69) is 52.7 Å². The second-order valence-electron chi connectivity index (χ2n) is 7.48. The normalized spacial score (nSPS) is 25.2. The quantitative estimate of drug-likeness (QED) is 0.797. The number of thiocarbonyl (C=S) groups is 1. The number of aryl methyl sites for hydroxylation is 1. The molecule has 2 aliphatic heterocycles. The fraction of sp³-hybridized carbons (Fsp3) is 0.524. The van der Waals surface area contributed by atoms with Gasteiger partial charge in [-0.2, -0.15) is 0 Å². The summed E-state index contributed by atoms with van der Waals surface area (Å²) in [6.07, 6.45) is 4.35. The largest absolute Gasteiger partial charge is 0.376 e. The summed E-state index contributed by atoms with van der Waals surface area (Å²) in [4.78, 5) is 6.96. The maximum atomic E-state index is 5.92. The first-order valence-corrected chi connectivity index (χ1v) is 10.3. The topological polar surface area (TPSA) is 42.3 Å². The first-order valence-electron chi connectivity index (χ1n) is 9.86. The molecule has 0 saturated carbocycles. The van der Waals surface area contributed by atoms with Crippen LogP contribution in [0.2, 0.25) is 0 Å². The molecule has 0 amide bonds. The zero-order valence-corrected chi connectivity index (χ0v) is 17.1. The Kier molecular flexibility index (Phi) is 5.19. The second kappa shape index (κ2) is 7.60. The summed E-state index contributed by atoms with van der Waals surface area (Å²) >= 11 is 5.77. The van der Waals surface area contributed by atoms with Gasteiger partial charge in [-0.25, -0.2) is 0 Å². The highest BCUT2D eigenvalue weighted by atomic mass is 32.1. The monoisotopic (exact) mass is 384 g/mol. The van der Waals surface area contributed by atoms with Gasteiger partial charge in [-0.15, -0.1) is 0 Å². The van der Waals surface area contributed by atoms with Gasteiger partial charge in [-0.05, 0) is 69.6 Å². The summed E-state index contributed by atoms with van der Waals surface area (Å²) in [5.74, 6) is 0. The summed E-state index contributed by atoms with van der Waals surface area (Å²) in [6, 6.07) is 8.58. The molecule has 0 bridgehead atoms. The molecule has 5 nitrogen and oxygen atoms in total. The highest BCUT2D eigenvalue weighted by Gasteiger charge is 2.42. The van der Waals surface area contributed by atoms with Crippen LogP contribution in [-0.2, 0) is 11.3 Å². The molecule has 144 valence electrons. The molecule has 4 heterocycles. The van der Waals surface area contributed by atoms with Gasteiger partial charge in [0, 0.05) is 37.3 Å². The van der Waals surface area contributed by atoms with Crippen LogP contribution in [0.25, 0.3) is 0 Å². The smallest absolute Gasteiger partial charge is 0.170 e. The van der Waals surface area contributed by atoms with Crippen LogP contribution in [0.5, 0.6) is 0 Å². The van der Waals surface area contributed by atoms with Crippen molar-refractivity contribution in [2.24, 2.45) is 0 Å². The Hall–Kier alpha value is -1.92. The minimum atomic E-state index is 0.0471. The molecule has 4 rings (SSSR count). The summed E-state index contributed by atoms with van der Waals surface area (Å²) in [6.45, 7) is 9.25. The van der Waals surface area contributed by atoms with Gasteiger partial charge in [0.15, 0.2) is 5.11 Å². The first kappa shape index (κ1) is 18.4. The van der Waals surface area contributed by atoms with Gasteiger partial charge in [-0.3, -0.25) is 4.98 Å². The van der Waals surface area contributed by atoms with E-state index < -0.39 is 0 Å². The highest BCUT2D eigenvalue weighted by Crippen LogP contribution is 2.41. The number of aromatic nitrogens is 2. The van der Waals surface area contributed by atoms with Crippen LogP contribution in [0.4, 0.5) is 0 Å². The Morgan fingerprint density at radius 3 is 2.81 bits per heavy atom. The van der Waals surface area contributed by atoms with Crippen LogP contribution in [0.3, 0.4) is 0 Å². The lowest BCUT2D eigenvalue weighted by atomic mass is 9.96. The van der Waals surface area contributed by atoms with Crippen molar-refractivity contribution in [2.75, 3.05) is 13.2 Å². The molecule has 3 unspecified atom stereocenters. The van der Waals surface area contributed by atoms with Gasteiger partial charge in [0.2, 0.25) is 0 Å². The molecule has 2 saturated heterocycles. The molecule has 0 aliphatic carbocycles. The number of nitrogens with one attached hydrogen (secondary N) is 1. The zero-order valence-electron chi connectivity index (χ0n) is 16.3. The van der Waals surface area contributed by atoms with Crippen molar-refractivity contribution >= 4 is 17.3 Å². The third kappa shape index (κ3) is 3.36. The van der Waals surface area contributed by atoms with Gasteiger partial charge >= 0.3 is 0 Å². The Bertz CT molecular complexity index is 813. The van der Waals surface area contributed by atoms with E-state index >= 15 is 0 Å². The van der Waals surface area contributed by atoms with Crippen molar-refractivity contribution in [3.63, 3.8) is 0 Å². The predicted octanol–water partition coefficient (Wildman–Crippen LogP) is 3.67. The first-order chi connectivity index (χ1) is 13.1. The number of nitrogens with zero attached hydrogens (tertiary/aromatic N) is 3. The van der Waals surface area contributed by atoms with Crippen molar-refractivity contribution in [1.82, 2.24) is 19.8 Å². The lowest BCUT2D eigenvalue weighted by Crippen LogP contribution is -2.36. The average Bonchev–Trinajstić information content (AvgIpc) is 3.36. The molecule has 2 aromatic heterocycles. The number of hydrogen-bond acceptors (Lipinski definition) is 3. The van der Waals surface area contributed by atoms with E-state index in [-0.39, 0.29) is 18.2 Å². The van der Waals surface area contributed by atoms with Crippen molar-refractivity contribution in [1.29, 1.82) is 0 Å². The van der Waals surface area contributed by atoms with E-state index in [0.29, 0.717) is 0 Å². The van der Waals surface area contributed by atoms with Crippen molar-refractivity contribution in [2.45, 2.75) is 58.3 Å². The van der Waals surface area contributed by atoms with Gasteiger partial charge in [0.1, 0.15) is 0 Å². The van der Waals surface area contributed by atoms with Crippen LogP contribution in [-0.4, -0.2) is 38.8 Å². The van der Waals surface area contributed by atoms with Gasteiger partial charge in [-0.1, -0.05) is 6.07 Å². The minimum Gasteiger partial charge on any atom is -0.376 e. The highest BCUT2D eigenvalue weighted by molar-refractivity contribution is 7.80. The summed E-state index contributed by atoms with van der Waals surface area (Å²) in [5.41, 5.74) is 4.96. The SMILES string of the molecule is CCn1c(C)cc(C2C(c3ccccn3)NC(=S)N2CC2CCCO2)c1C. The van der Waals surface area contributed by atoms with Crippen LogP contribution in [0.15, 0.2) is 30.5 Å². The van der Waals surface area contributed by atoms with Crippen LogP contribution in [0, 0.1) is 13.8 Å². The van der Waals surface area contributed by atoms with E-state index in [9.17, 15) is 0 Å². The van der Waals surface area contributed by atoms with E-state index in [0.717, 1.165) is 43.3 Å². The Morgan fingerprint density at radius 1 is 1.33 bits per heavy atom. The van der Waals surface area contributed by atoms with Crippen molar-refractivity contribution in [3.8, 4) is 0 Å². The second-order valence-corrected chi connectivity index (χ2v) is 7.87. The Morgan fingerprint density at radius 2 is 2.19 bits per heavy atom. The van der Waals surface area contributed by atoms with Gasteiger partial charge < -0.3 is 19.5 Å². The number of ether oxygens (including phenoxy) is 1. The maximum Gasteiger partial charge on any atom is 0.170 e. The van der Waals surface area contributed by atoms with E-state index in [1.807, 2.05) is 18.3 Å². The van der Waals surface area contributed by atoms with E-state index in [1.165, 1.54) is 17.0 Å². The van der Waals surface area contributed by atoms with Gasteiger partial charge in [0.25, 0.3) is 0 Å². The molecule has 2 aromatic rings. The van der Waals surface area contributed by atoms with E-state index in [1.54, 1.807) is 0 Å². The van der Waals surface area contributed by atoms with E-state index in [4.69, 9.17) is 17.0 Å². The third-order valence-corrected chi connectivity index (χ3v) is 6.22. The minimum absolute atomic E-state index is 0.0471. The molecule has 3 atom stereocenters. The number of pyridine rings is 1. The zero-order chi connectivity index (χ0) is 19.0. The molecule has 1 N–H and O–H groups in total. The fourth-order valence-corrected chi connectivity index (χ4v) is 4.88. The van der Waals surface area contributed by atoms with Crippen LogP contribution in [0.1, 0.15) is 54.5 Å². The molecule has 0 spiro atoms. The predicted molar refractivity (Wildman–Crippen MR) is 111 cm³/mol. The molecule has 2 aliphatic rings. The summed E-state index contributed by atoms with van der Waals surface area (Å²) in [5, 5.41) is 4.35. The molecule has 27 heavy (non-hydrogen) atoms. The van der Waals surface area contributed by atoms with Crippen molar-refractivity contribution in [3.05, 3.63) is 53.1 Å². The summed E-state index contributed by atoms with van der Waals surface area (Å²) in [7, 11) is 0. The fourth-order valence-electron chi connectivity index (χ4n) is 4.56. The maximum absolute atomic E-state index is 5.92. The summed E-state index contributed by atoms with van der Waals surface area (Å²) < 4.78 is 8.29. The average molecular weight is 385 g/mol. The van der Waals surface area contributed by atoms with Gasteiger partial charge in [0.05, 0.1) is 23.9 Å². The Labute approximate surface area is 166 Å². The van der Waals surface area contributed by atoms with Crippen LogP contribution >= 0.6 is 12.2 Å². The Balaban J connectivity index is 1.75. The molecular weight excluding hydrogens is 356 g/mol. The lowest BCUT2D eigenvalue weighted by Gasteiger charge is -2.30. The molecule has 0 aromatic carbocycles. The molecule has 0 radical (unpaired) electrons. The lowest BCUT2D eigenvalue weighted by molar-refractivity contribution is 0.0841. The molecule has 2 fully saturated rings. The third-order valence-electron chi connectivity index (χ3n) is 5.87. The number of rotatable bonds is 5. The molecular formula is C21H28N4OS. The van der Waals surface area contributed by atoms with Crippen molar-refractivity contribution < 1.29 is 4.74 Å². The molecule has 6 heteroatoms. The number of hydrogen-bond donors (Lipinski definition) is 1. The van der Waals surface area contributed by atoms with Crippen LogP contribution < -0.4 is 5.32 Å². The standard InChI is InChI=1S/C21H28N4OS/c1-4-24-14(2)12-17(15(24)3)20-19(18-9-5-6-10-22-18)23-21(27)25(20)13-16-8-7-11-26-16/h5-6,9-10,12,16,19-20H,4,7-8,11,13H2,1-3H3,(H,23,27).